The molecule has 0 saturated carbocycles. The second kappa shape index (κ2) is 5.74. The molecule has 1 N–H and O–H groups in total. The number of Topliss-reactive ketones (excluding diaryl/α,β-unsaturated/α-hetero) is 1. The SMILES string of the molecule is C#CCNCC(=O)C1CCCOC1. The molecule has 0 bridgehead atoms. The van der Waals surface area contributed by atoms with Gasteiger partial charge in [-0.1, -0.05) is 5.92 Å². The molecule has 3 heteroatoms. The molecule has 1 aliphatic heterocycles. The molecule has 72 valence electrons. The summed E-state index contributed by atoms with van der Waals surface area (Å²) in [6, 6.07) is 0. The average Bonchev–Trinajstić information content (AvgIpc) is 2.19. The summed E-state index contributed by atoms with van der Waals surface area (Å²) in [6.45, 7) is 2.20. The Hall–Kier alpha value is -0.850. The molecule has 0 aromatic rings. The third-order valence-electron chi connectivity index (χ3n) is 2.14. The molecule has 1 rings (SSSR count). The lowest BCUT2D eigenvalue weighted by Gasteiger charge is -2.20. The molecular weight excluding hydrogens is 166 g/mol. The first-order valence-electron chi connectivity index (χ1n) is 4.59. The summed E-state index contributed by atoms with van der Waals surface area (Å²) < 4.78 is 5.22. The minimum absolute atomic E-state index is 0.0824. The van der Waals surface area contributed by atoms with Crippen molar-refractivity contribution in [2.75, 3.05) is 26.3 Å². The summed E-state index contributed by atoms with van der Waals surface area (Å²) in [4.78, 5) is 11.5. The Morgan fingerprint density at radius 2 is 2.54 bits per heavy atom. The molecule has 1 atom stereocenters. The molecule has 0 aromatic heterocycles. The van der Waals surface area contributed by atoms with Gasteiger partial charge in [-0.15, -0.1) is 6.42 Å². The third kappa shape index (κ3) is 3.58. The van der Waals surface area contributed by atoms with E-state index in [1.54, 1.807) is 0 Å². The quantitative estimate of drug-likeness (QED) is 0.497. The second-order valence-corrected chi connectivity index (χ2v) is 3.19. The number of ketones is 1. The molecule has 0 aromatic carbocycles. The molecule has 0 aliphatic carbocycles. The van der Waals surface area contributed by atoms with Gasteiger partial charge in [0.05, 0.1) is 19.7 Å². The Morgan fingerprint density at radius 3 is 3.15 bits per heavy atom. The fourth-order valence-corrected chi connectivity index (χ4v) is 1.40. The highest BCUT2D eigenvalue weighted by Crippen LogP contribution is 2.13. The van der Waals surface area contributed by atoms with Gasteiger partial charge in [0, 0.05) is 12.5 Å². The van der Waals surface area contributed by atoms with Gasteiger partial charge in [0.1, 0.15) is 0 Å². The first kappa shape index (κ1) is 10.2. The summed E-state index contributed by atoms with van der Waals surface area (Å²) >= 11 is 0. The van der Waals surface area contributed by atoms with Crippen LogP contribution in [-0.4, -0.2) is 32.1 Å². The van der Waals surface area contributed by atoms with Gasteiger partial charge < -0.3 is 4.74 Å². The maximum absolute atomic E-state index is 11.5. The highest BCUT2D eigenvalue weighted by Gasteiger charge is 2.20. The monoisotopic (exact) mass is 181 g/mol. The lowest BCUT2D eigenvalue weighted by atomic mass is 9.97. The van der Waals surface area contributed by atoms with Gasteiger partial charge in [0.2, 0.25) is 0 Å². The fourth-order valence-electron chi connectivity index (χ4n) is 1.40. The van der Waals surface area contributed by atoms with Crippen LogP contribution in [0.4, 0.5) is 0 Å². The highest BCUT2D eigenvalue weighted by molar-refractivity contribution is 5.83. The number of hydrogen-bond acceptors (Lipinski definition) is 3. The minimum Gasteiger partial charge on any atom is -0.381 e. The van der Waals surface area contributed by atoms with Crippen molar-refractivity contribution in [3.05, 3.63) is 0 Å². The topological polar surface area (TPSA) is 38.3 Å². The third-order valence-corrected chi connectivity index (χ3v) is 2.14. The van der Waals surface area contributed by atoms with Gasteiger partial charge in [-0.3, -0.25) is 10.1 Å². The Bertz CT molecular complexity index is 201. The fraction of sp³-hybridized carbons (Fsp3) is 0.700. The van der Waals surface area contributed by atoms with Crippen LogP contribution in [-0.2, 0) is 9.53 Å². The van der Waals surface area contributed by atoms with Crippen molar-refractivity contribution in [3.8, 4) is 12.3 Å². The van der Waals surface area contributed by atoms with E-state index in [-0.39, 0.29) is 11.7 Å². The number of carbonyl (C=O) groups excluding carboxylic acids is 1. The number of nitrogens with one attached hydrogen (secondary N) is 1. The normalized spacial score (nSPS) is 22.2. The van der Waals surface area contributed by atoms with Crippen LogP contribution in [0.1, 0.15) is 12.8 Å². The van der Waals surface area contributed by atoms with Crippen LogP contribution in [0.3, 0.4) is 0 Å². The molecule has 1 unspecified atom stereocenters. The van der Waals surface area contributed by atoms with E-state index in [1.807, 2.05) is 0 Å². The summed E-state index contributed by atoms with van der Waals surface area (Å²) in [5.74, 6) is 2.73. The number of terminal acetylenes is 1. The molecule has 1 aliphatic rings. The Labute approximate surface area is 78.8 Å². The Kier molecular flexibility index (Phi) is 4.52. The molecule has 0 spiro atoms. The van der Waals surface area contributed by atoms with Crippen LogP contribution in [0.25, 0.3) is 0 Å². The van der Waals surface area contributed by atoms with E-state index in [4.69, 9.17) is 11.2 Å². The Morgan fingerprint density at radius 1 is 1.69 bits per heavy atom. The van der Waals surface area contributed by atoms with E-state index in [9.17, 15) is 4.79 Å². The summed E-state index contributed by atoms with van der Waals surface area (Å²) in [5.41, 5.74) is 0. The van der Waals surface area contributed by atoms with E-state index >= 15 is 0 Å². The molecule has 1 heterocycles. The first-order valence-corrected chi connectivity index (χ1v) is 4.59. The number of carbonyl (C=O) groups is 1. The van der Waals surface area contributed by atoms with E-state index in [0.29, 0.717) is 19.7 Å². The molecule has 3 nitrogen and oxygen atoms in total. The van der Waals surface area contributed by atoms with Crippen molar-refractivity contribution >= 4 is 5.78 Å². The van der Waals surface area contributed by atoms with Crippen LogP contribution >= 0.6 is 0 Å². The van der Waals surface area contributed by atoms with Crippen LogP contribution in [0.5, 0.6) is 0 Å². The van der Waals surface area contributed by atoms with Gasteiger partial charge in [-0.05, 0) is 12.8 Å². The van der Waals surface area contributed by atoms with Gasteiger partial charge in [-0.2, -0.15) is 0 Å². The number of ether oxygens (including phenoxy) is 1. The zero-order chi connectivity index (χ0) is 9.52. The molecule has 1 saturated heterocycles. The van der Waals surface area contributed by atoms with Crippen LogP contribution in [0.2, 0.25) is 0 Å². The lowest BCUT2D eigenvalue weighted by molar-refractivity contribution is -0.125. The van der Waals surface area contributed by atoms with Gasteiger partial charge in [0.25, 0.3) is 0 Å². The van der Waals surface area contributed by atoms with Gasteiger partial charge >= 0.3 is 0 Å². The van der Waals surface area contributed by atoms with Crippen LogP contribution in [0.15, 0.2) is 0 Å². The number of rotatable bonds is 4. The maximum Gasteiger partial charge on any atom is 0.152 e. The van der Waals surface area contributed by atoms with E-state index < -0.39 is 0 Å². The van der Waals surface area contributed by atoms with E-state index in [1.165, 1.54) is 0 Å². The van der Waals surface area contributed by atoms with E-state index in [2.05, 4.69) is 11.2 Å². The van der Waals surface area contributed by atoms with Gasteiger partial charge in [-0.25, -0.2) is 0 Å². The molecule has 0 amide bonds. The predicted octanol–water partition coefficient (Wildman–Crippen LogP) is 0.205. The zero-order valence-corrected chi connectivity index (χ0v) is 7.71. The van der Waals surface area contributed by atoms with Crippen LogP contribution < -0.4 is 5.32 Å². The molecular formula is C10H15NO2. The van der Waals surface area contributed by atoms with Gasteiger partial charge in [0.15, 0.2) is 5.78 Å². The summed E-state index contributed by atoms with van der Waals surface area (Å²) in [6.07, 6.45) is 6.99. The first-order chi connectivity index (χ1) is 6.34. The largest absolute Gasteiger partial charge is 0.381 e. The maximum atomic E-state index is 11.5. The second-order valence-electron chi connectivity index (χ2n) is 3.19. The average molecular weight is 181 g/mol. The smallest absolute Gasteiger partial charge is 0.152 e. The summed E-state index contributed by atoms with van der Waals surface area (Å²) in [7, 11) is 0. The van der Waals surface area contributed by atoms with Crippen molar-refractivity contribution in [2.24, 2.45) is 5.92 Å². The Balaban J connectivity index is 2.18. The predicted molar refractivity (Wildman–Crippen MR) is 50.3 cm³/mol. The molecule has 0 radical (unpaired) electrons. The standard InChI is InChI=1S/C10H15NO2/c1-2-5-11-7-10(12)9-4-3-6-13-8-9/h1,9,11H,3-8H2. The molecule has 1 fully saturated rings. The van der Waals surface area contributed by atoms with Crippen molar-refractivity contribution in [2.45, 2.75) is 12.8 Å². The van der Waals surface area contributed by atoms with Crippen LogP contribution in [0, 0.1) is 18.3 Å². The highest BCUT2D eigenvalue weighted by atomic mass is 16.5. The van der Waals surface area contributed by atoms with Crippen molar-refractivity contribution < 1.29 is 9.53 Å². The zero-order valence-electron chi connectivity index (χ0n) is 7.71. The lowest BCUT2D eigenvalue weighted by Crippen LogP contribution is -2.33. The number of hydrogen-bond donors (Lipinski definition) is 1. The van der Waals surface area contributed by atoms with Crippen molar-refractivity contribution in [1.29, 1.82) is 0 Å². The van der Waals surface area contributed by atoms with Crippen molar-refractivity contribution in [1.82, 2.24) is 5.32 Å². The minimum atomic E-state index is 0.0824. The molecule has 13 heavy (non-hydrogen) atoms. The van der Waals surface area contributed by atoms with Crippen molar-refractivity contribution in [3.63, 3.8) is 0 Å². The summed E-state index contributed by atoms with van der Waals surface area (Å²) in [5, 5.41) is 2.89. The van der Waals surface area contributed by atoms with E-state index in [0.717, 1.165) is 19.4 Å².